The number of carbonyl (C=O) groups is 1. The van der Waals surface area contributed by atoms with Gasteiger partial charge in [0.05, 0.1) is 11.8 Å². The first-order valence-corrected chi connectivity index (χ1v) is 10.8. The van der Waals surface area contributed by atoms with Crippen molar-refractivity contribution in [3.05, 3.63) is 77.9 Å². The maximum atomic E-state index is 13.0. The van der Waals surface area contributed by atoms with Gasteiger partial charge in [-0.05, 0) is 41.0 Å². The van der Waals surface area contributed by atoms with Crippen LogP contribution in [0.4, 0.5) is 15.0 Å². The topological polar surface area (TPSA) is 96.9 Å². The Morgan fingerprint density at radius 2 is 1.97 bits per heavy atom. The number of alkyl carbamates (subject to hydrolysis) is 1. The number of carbonyl (C=O) groups excluding carboxylic acids is 1. The molecule has 0 unspecified atom stereocenters. The van der Waals surface area contributed by atoms with Gasteiger partial charge in [-0.2, -0.15) is 0 Å². The fraction of sp³-hybridized carbons (Fsp3) is 0.160. The lowest BCUT2D eigenvalue weighted by molar-refractivity contribution is 0.139. The predicted octanol–water partition coefficient (Wildman–Crippen LogP) is 4.72. The first-order chi connectivity index (χ1) is 16.5. The van der Waals surface area contributed by atoms with Crippen molar-refractivity contribution in [1.29, 1.82) is 0 Å². The number of benzene rings is 2. The summed E-state index contributed by atoms with van der Waals surface area (Å²) in [6, 6.07) is 15.8. The minimum Gasteiger partial charge on any atom is -0.445 e. The average Bonchev–Trinajstić information content (AvgIpc) is 3.45. The van der Waals surface area contributed by atoms with Crippen molar-refractivity contribution in [2.45, 2.75) is 13.2 Å². The van der Waals surface area contributed by atoms with Crippen molar-refractivity contribution in [3.63, 3.8) is 0 Å². The number of rotatable bonds is 6. The van der Waals surface area contributed by atoms with E-state index in [2.05, 4.69) is 31.7 Å². The lowest BCUT2D eigenvalue weighted by Crippen LogP contribution is -2.23. The van der Waals surface area contributed by atoms with Gasteiger partial charge in [-0.3, -0.25) is 0 Å². The van der Waals surface area contributed by atoms with Gasteiger partial charge >= 0.3 is 6.09 Å². The van der Waals surface area contributed by atoms with Crippen LogP contribution in [0.5, 0.6) is 0 Å². The third-order valence-corrected chi connectivity index (χ3v) is 5.63. The molecule has 0 aliphatic rings. The molecule has 3 aromatic heterocycles. The monoisotopic (exact) mass is 458 g/mol. The summed E-state index contributed by atoms with van der Waals surface area (Å²) < 4.78 is 20.3. The van der Waals surface area contributed by atoms with E-state index < -0.39 is 6.09 Å². The molecule has 5 rings (SSSR count). The van der Waals surface area contributed by atoms with E-state index in [1.165, 1.54) is 12.1 Å². The van der Waals surface area contributed by atoms with Crippen LogP contribution in [0.3, 0.4) is 0 Å². The normalized spacial score (nSPS) is 11.1. The number of imidazole rings is 1. The number of anilines is 1. The zero-order chi connectivity index (χ0) is 23.7. The molecule has 0 saturated heterocycles. The second kappa shape index (κ2) is 8.86. The first-order valence-electron chi connectivity index (χ1n) is 10.8. The van der Waals surface area contributed by atoms with Crippen molar-refractivity contribution in [1.82, 2.24) is 24.8 Å². The van der Waals surface area contributed by atoms with Gasteiger partial charge in [-0.1, -0.05) is 30.3 Å². The van der Waals surface area contributed by atoms with Gasteiger partial charge in [0.25, 0.3) is 0 Å². The van der Waals surface area contributed by atoms with Crippen LogP contribution in [0, 0.1) is 5.82 Å². The largest absolute Gasteiger partial charge is 0.445 e. The molecule has 0 bridgehead atoms. The Kier molecular flexibility index (Phi) is 5.59. The van der Waals surface area contributed by atoms with E-state index in [0.717, 1.165) is 44.5 Å². The standard InChI is InChI=1S/C25H23FN6O2/c1-27-24-21-22(32(2)14-29-21)19-11-20(30-23(19)31-24)17-5-3-4-16(10-17)13-34-25(33)28-12-15-6-8-18(26)9-7-15/h3-11,14H,12-13H2,1-2H3,(H,28,33)(H2,27,30,31). The van der Waals surface area contributed by atoms with Gasteiger partial charge in [0, 0.05) is 31.7 Å². The molecule has 1 amide bonds. The summed E-state index contributed by atoms with van der Waals surface area (Å²) in [5.41, 5.74) is 6.07. The van der Waals surface area contributed by atoms with E-state index in [4.69, 9.17) is 4.74 Å². The zero-order valence-corrected chi connectivity index (χ0v) is 18.7. The van der Waals surface area contributed by atoms with Gasteiger partial charge < -0.3 is 24.9 Å². The second-order valence-corrected chi connectivity index (χ2v) is 7.96. The van der Waals surface area contributed by atoms with Crippen LogP contribution in [-0.4, -0.2) is 32.7 Å². The number of nitrogens with zero attached hydrogens (tertiary/aromatic N) is 3. The van der Waals surface area contributed by atoms with E-state index in [1.807, 2.05) is 42.9 Å². The number of aryl methyl sites for hydroxylation is 1. The fourth-order valence-corrected chi connectivity index (χ4v) is 3.93. The molecule has 3 N–H and O–H groups in total. The van der Waals surface area contributed by atoms with E-state index in [1.54, 1.807) is 18.5 Å². The number of halogens is 1. The summed E-state index contributed by atoms with van der Waals surface area (Å²) in [6.45, 7) is 0.385. The lowest BCUT2D eigenvalue weighted by Gasteiger charge is -2.08. The summed E-state index contributed by atoms with van der Waals surface area (Å²) in [5.74, 6) is 0.398. The van der Waals surface area contributed by atoms with Gasteiger partial charge in [-0.25, -0.2) is 19.2 Å². The third-order valence-electron chi connectivity index (χ3n) is 5.63. The number of aromatic nitrogens is 4. The number of nitrogens with one attached hydrogen (secondary N) is 3. The van der Waals surface area contributed by atoms with Crippen LogP contribution in [0.25, 0.3) is 33.3 Å². The molecule has 8 nitrogen and oxygen atoms in total. The molecule has 0 radical (unpaired) electrons. The van der Waals surface area contributed by atoms with Crippen molar-refractivity contribution in [2.75, 3.05) is 12.4 Å². The molecule has 0 saturated carbocycles. The minimum atomic E-state index is -0.539. The lowest BCUT2D eigenvalue weighted by atomic mass is 10.1. The molecule has 3 heterocycles. The fourth-order valence-electron chi connectivity index (χ4n) is 3.93. The van der Waals surface area contributed by atoms with E-state index in [-0.39, 0.29) is 19.0 Å². The molecule has 172 valence electrons. The Labute approximate surface area is 194 Å². The summed E-state index contributed by atoms with van der Waals surface area (Å²) in [6.07, 6.45) is 1.24. The van der Waals surface area contributed by atoms with Gasteiger partial charge in [0.15, 0.2) is 5.82 Å². The van der Waals surface area contributed by atoms with E-state index in [9.17, 15) is 9.18 Å². The van der Waals surface area contributed by atoms with Crippen LogP contribution in [0.15, 0.2) is 60.9 Å². The van der Waals surface area contributed by atoms with Crippen molar-refractivity contribution >= 4 is 34.0 Å². The molecule has 0 aliphatic carbocycles. The molecule has 0 fully saturated rings. The molecule has 0 atom stereocenters. The van der Waals surface area contributed by atoms with Crippen LogP contribution < -0.4 is 10.6 Å². The van der Waals surface area contributed by atoms with Crippen molar-refractivity contribution < 1.29 is 13.9 Å². The Hall–Kier alpha value is -4.40. The Morgan fingerprint density at radius 3 is 2.76 bits per heavy atom. The third kappa shape index (κ3) is 4.15. The molecule has 34 heavy (non-hydrogen) atoms. The number of hydrogen-bond acceptors (Lipinski definition) is 5. The summed E-state index contributed by atoms with van der Waals surface area (Å²) >= 11 is 0. The molecule has 9 heteroatoms. The van der Waals surface area contributed by atoms with Gasteiger partial charge in [-0.15, -0.1) is 0 Å². The highest BCUT2D eigenvalue weighted by Gasteiger charge is 2.15. The van der Waals surface area contributed by atoms with Crippen LogP contribution in [0.2, 0.25) is 0 Å². The van der Waals surface area contributed by atoms with E-state index in [0.29, 0.717) is 5.82 Å². The molecule has 5 aromatic rings. The molecular weight excluding hydrogens is 435 g/mol. The summed E-state index contributed by atoms with van der Waals surface area (Å²) in [4.78, 5) is 24.6. The van der Waals surface area contributed by atoms with Crippen molar-refractivity contribution in [2.24, 2.45) is 7.05 Å². The van der Waals surface area contributed by atoms with Gasteiger partial charge in [0.1, 0.15) is 23.6 Å². The number of hydrogen-bond donors (Lipinski definition) is 3. The maximum Gasteiger partial charge on any atom is 0.407 e. The average molecular weight is 458 g/mol. The summed E-state index contributed by atoms with van der Waals surface area (Å²) in [7, 11) is 3.78. The number of H-pyrrole nitrogens is 1. The summed E-state index contributed by atoms with van der Waals surface area (Å²) in [5, 5.41) is 6.75. The number of aromatic amines is 1. The van der Waals surface area contributed by atoms with E-state index >= 15 is 0 Å². The Bertz CT molecular complexity index is 1490. The molecular formula is C25H23FN6O2. The number of fused-ring (bicyclic) bond motifs is 3. The highest BCUT2D eigenvalue weighted by molar-refractivity contribution is 6.07. The second-order valence-electron chi connectivity index (χ2n) is 7.96. The Balaban J connectivity index is 1.32. The quantitative estimate of drug-likeness (QED) is 0.342. The number of pyridine rings is 1. The molecule has 2 aromatic carbocycles. The zero-order valence-electron chi connectivity index (χ0n) is 18.7. The molecule has 0 aliphatic heterocycles. The maximum absolute atomic E-state index is 13.0. The Morgan fingerprint density at radius 1 is 1.15 bits per heavy atom. The number of amides is 1. The highest BCUT2D eigenvalue weighted by atomic mass is 19.1. The van der Waals surface area contributed by atoms with Crippen LogP contribution in [0.1, 0.15) is 11.1 Å². The van der Waals surface area contributed by atoms with Crippen molar-refractivity contribution in [3.8, 4) is 11.3 Å². The number of ether oxygens (including phenoxy) is 1. The van der Waals surface area contributed by atoms with Crippen LogP contribution in [-0.2, 0) is 24.9 Å². The van der Waals surface area contributed by atoms with Gasteiger partial charge in [0.2, 0.25) is 0 Å². The predicted molar refractivity (Wildman–Crippen MR) is 129 cm³/mol. The SMILES string of the molecule is CNc1nc2[nH]c(-c3cccc(COC(=O)NCc4ccc(F)cc4)c3)cc2c2c1ncn2C. The highest BCUT2D eigenvalue weighted by Crippen LogP contribution is 2.31. The molecule has 0 spiro atoms. The minimum absolute atomic E-state index is 0.122. The smallest absolute Gasteiger partial charge is 0.407 e. The van der Waals surface area contributed by atoms with Crippen LogP contribution >= 0.6 is 0 Å². The first kappa shape index (κ1) is 21.4.